The van der Waals surface area contributed by atoms with Crippen molar-refractivity contribution in [3.8, 4) is 34.0 Å². The van der Waals surface area contributed by atoms with Crippen LogP contribution in [0.4, 0.5) is 16.6 Å². The Morgan fingerprint density at radius 1 is 0.840 bits per heavy atom. The third-order valence-electron chi connectivity index (χ3n) is 6.80. The summed E-state index contributed by atoms with van der Waals surface area (Å²) in [5.41, 5.74) is 1.79. The van der Waals surface area contributed by atoms with Gasteiger partial charge in [0.25, 0.3) is 5.95 Å². The van der Waals surface area contributed by atoms with Crippen molar-refractivity contribution in [2.45, 2.75) is 65.8 Å². The predicted octanol–water partition coefficient (Wildman–Crippen LogP) is 8.04. The van der Waals surface area contributed by atoms with Crippen LogP contribution < -0.4 is 19.9 Å². The number of ether oxygens (including phenoxy) is 3. The Labute approximate surface area is 291 Å². The van der Waals surface area contributed by atoms with Crippen LogP contribution in [-0.2, 0) is 27.4 Å². The maximum absolute atomic E-state index is 13.4. The molecule has 0 radical (unpaired) electrons. The largest absolute Gasteiger partial charge is 0.497 e. The van der Waals surface area contributed by atoms with Crippen LogP contribution in [0, 0.1) is 0 Å². The van der Waals surface area contributed by atoms with E-state index in [4.69, 9.17) is 28.6 Å². The molecule has 260 valence electrons. The maximum Gasteiger partial charge on any atom is 0.442 e. The van der Waals surface area contributed by atoms with E-state index >= 15 is 0 Å². The lowest BCUT2D eigenvalue weighted by Gasteiger charge is -2.30. The van der Waals surface area contributed by atoms with Crippen molar-refractivity contribution in [1.82, 2.24) is 15.1 Å². The molecule has 12 heteroatoms. The topological polar surface area (TPSA) is 138 Å². The number of nitrogens with zero attached hydrogens (tertiary/aromatic N) is 4. The highest BCUT2D eigenvalue weighted by Crippen LogP contribution is 2.39. The van der Waals surface area contributed by atoms with Gasteiger partial charge in [0, 0.05) is 11.8 Å². The summed E-state index contributed by atoms with van der Waals surface area (Å²) >= 11 is 0. The minimum atomic E-state index is -0.816. The number of rotatable bonds is 11. The minimum absolute atomic E-state index is 0.0380. The van der Waals surface area contributed by atoms with Gasteiger partial charge in [0.2, 0.25) is 11.8 Å². The fourth-order valence-electron chi connectivity index (χ4n) is 4.75. The number of methoxy groups -OCH3 is 1. The number of amides is 2. The maximum atomic E-state index is 13.4. The van der Waals surface area contributed by atoms with Gasteiger partial charge in [-0.05, 0) is 83.0 Å². The predicted molar refractivity (Wildman–Crippen MR) is 189 cm³/mol. The Morgan fingerprint density at radius 2 is 1.56 bits per heavy atom. The van der Waals surface area contributed by atoms with Crippen LogP contribution in [0.3, 0.4) is 0 Å². The van der Waals surface area contributed by atoms with Gasteiger partial charge in [0.15, 0.2) is 0 Å². The summed E-state index contributed by atoms with van der Waals surface area (Å²) in [5, 5.41) is 8.13. The third-order valence-corrected chi connectivity index (χ3v) is 6.80. The Hall–Kier alpha value is -5.75. The highest BCUT2D eigenvalue weighted by molar-refractivity contribution is 5.97. The highest BCUT2D eigenvalue weighted by atomic mass is 16.7. The van der Waals surface area contributed by atoms with Crippen LogP contribution in [0.15, 0.2) is 95.6 Å². The summed E-state index contributed by atoms with van der Waals surface area (Å²) in [6.45, 7) is 11.0. The number of aromatic nitrogens is 3. The van der Waals surface area contributed by atoms with Crippen molar-refractivity contribution in [2.75, 3.05) is 17.5 Å². The number of carbonyl (C=O) groups excluding carboxylic acids is 2. The SMILES string of the molecule is COc1cccc(CC(=O)Nc2onc(-c3cccc(OCc4ccccc4)c3)c2-c2ccnc(N(OC(C)(C)C)C(=O)OC(C)(C)C)n2)c1. The van der Waals surface area contributed by atoms with Gasteiger partial charge in [-0.1, -0.05) is 59.8 Å². The summed E-state index contributed by atoms with van der Waals surface area (Å²) in [6.07, 6.45) is 0.709. The molecule has 0 aliphatic rings. The van der Waals surface area contributed by atoms with E-state index in [0.29, 0.717) is 40.6 Å². The molecule has 0 aliphatic carbocycles. The van der Waals surface area contributed by atoms with Crippen molar-refractivity contribution in [3.05, 3.63) is 102 Å². The van der Waals surface area contributed by atoms with Gasteiger partial charge >= 0.3 is 6.09 Å². The fourth-order valence-corrected chi connectivity index (χ4v) is 4.75. The molecule has 5 rings (SSSR count). The zero-order chi connectivity index (χ0) is 35.9. The molecule has 0 spiro atoms. The molecule has 0 saturated carbocycles. The lowest BCUT2D eigenvalue weighted by molar-refractivity contribution is -0.115. The molecule has 5 aromatic rings. The van der Waals surface area contributed by atoms with Gasteiger partial charge in [0.1, 0.15) is 29.4 Å². The number of benzene rings is 3. The van der Waals surface area contributed by atoms with Gasteiger partial charge in [0.05, 0.1) is 30.4 Å². The van der Waals surface area contributed by atoms with Crippen molar-refractivity contribution >= 4 is 23.8 Å². The molecule has 12 nitrogen and oxygen atoms in total. The molecule has 50 heavy (non-hydrogen) atoms. The smallest absolute Gasteiger partial charge is 0.442 e. The summed E-state index contributed by atoms with van der Waals surface area (Å²) in [6, 6.07) is 26.0. The van der Waals surface area contributed by atoms with Gasteiger partial charge in [-0.2, -0.15) is 0 Å². The number of carbonyl (C=O) groups is 2. The van der Waals surface area contributed by atoms with E-state index in [9.17, 15) is 9.59 Å². The van der Waals surface area contributed by atoms with Crippen LogP contribution in [-0.4, -0.2) is 45.4 Å². The molecule has 3 aromatic carbocycles. The first kappa shape index (κ1) is 35.6. The van der Waals surface area contributed by atoms with Crippen LogP contribution in [0.1, 0.15) is 52.7 Å². The Kier molecular flexibility index (Phi) is 10.8. The first-order valence-corrected chi connectivity index (χ1v) is 16.0. The molecule has 0 aliphatic heterocycles. The monoisotopic (exact) mass is 679 g/mol. The van der Waals surface area contributed by atoms with E-state index in [0.717, 1.165) is 16.2 Å². The second kappa shape index (κ2) is 15.2. The van der Waals surface area contributed by atoms with Crippen LogP contribution in [0.2, 0.25) is 0 Å². The highest BCUT2D eigenvalue weighted by Gasteiger charge is 2.32. The molecule has 1 N–H and O–H groups in total. The third kappa shape index (κ3) is 9.66. The van der Waals surface area contributed by atoms with Gasteiger partial charge in [-0.3, -0.25) is 14.9 Å². The van der Waals surface area contributed by atoms with Crippen LogP contribution in [0.5, 0.6) is 11.5 Å². The van der Waals surface area contributed by atoms with E-state index in [1.165, 1.54) is 6.20 Å². The number of nitrogens with one attached hydrogen (secondary N) is 1. The summed E-state index contributed by atoms with van der Waals surface area (Å²) < 4.78 is 22.8. The van der Waals surface area contributed by atoms with E-state index in [-0.39, 0.29) is 24.2 Å². The molecule has 0 atom stereocenters. The Bertz CT molecular complexity index is 1930. The van der Waals surface area contributed by atoms with Gasteiger partial charge in [-0.25, -0.2) is 14.8 Å². The van der Waals surface area contributed by atoms with Gasteiger partial charge in [-0.15, -0.1) is 5.06 Å². The molecule has 2 aromatic heterocycles. The van der Waals surface area contributed by atoms with E-state index in [1.54, 1.807) is 66.9 Å². The summed E-state index contributed by atoms with van der Waals surface area (Å²) in [4.78, 5) is 41.7. The zero-order valence-electron chi connectivity index (χ0n) is 29.2. The van der Waals surface area contributed by atoms with E-state index < -0.39 is 17.3 Å². The standard InChI is InChI=1S/C38H41N5O7/c1-37(2,3)48-36(45)43(50-38(4,5)6)35-39-20-19-30(40-35)32-33(27-16-12-18-29(23-27)47-24-25-13-9-8-10-14-25)42-49-34(32)41-31(44)22-26-15-11-17-28(21-26)46-7/h8-21,23H,22,24H2,1-7H3,(H,41,44). The lowest BCUT2D eigenvalue weighted by Crippen LogP contribution is -2.42. The van der Waals surface area contributed by atoms with Crippen molar-refractivity contribution < 1.29 is 33.2 Å². The minimum Gasteiger partial charge on any atom is -0.497 e. The molecule has 0 bridgehead atoms. The first-order chi connectivity index (χ1) is 23.8. The second-order valence-electron chi connectivity index (χ2n) is 13.3. The summed E-state index contributed by atoms with van der Waals surface area (Å²) in [7, 11) is 1.57. The first-order valence-electron chi connectivity index (χ1n) is 16.0. The quantitative estimate of drug-likeness (QED) is 0.137. The molecule has 2 heterocycles. The van der Waals surface area contributed by atoms with Crippen LogP contribution in [0.25, 0.3) is 22.5 Å². The number of anilines is 2. The molecule has 0 fully saturated rings. The molecule has 0 saturated heterocycles. The molecule has 2 amide bonds. The fraction of sp³-hybridized carbons (Fsp3) is 0.289. The zero-order valence-corrected chi connectivity index (χ0v) is 29.2. The summed E-state index contributed by atoms with van der Waals surface area (Å²) in [5.74, 6) is 0.832. The Morgan fingerprint density at radius 3 is 2.28 bits per heavy atom. The lowest BCUT2D eigenvalue weighted by atomic mass is 10.0. The van der Waals surface area contributed by atoms with Crippen molar-refractivity contribution in [2.24, 2.45) is 0 Å². The second-order valence-corrected chi connectivity index (χ2v) is 13.3. The molecule has 0 unspecified atom stereocenters. The Balaban J connectivity index is 1.54. The number of hydroxylamine groups is 1. The van der Waals surface area contributed by atoms with Crippen molar-refractivity contribution in [3.63, 3.8) is 0 Å². The van der Waals surface area contributed by atoms with E-state index in [1.807, 2.05) is 66.7 Å². The average Bonchev–Trinajstić information content (AvgIpc) is 3.49. The normalized spacial score (nSPS) is 11.5. The molecular formula is C38H41N5O7. The van der Waals surface area contributed by atoms with E-state index in [2.05, 4.69) is 15.5 Å². The van der Waals surface area contributed by atoms with Gasteiger partial charge < -0.3 is 18.7 Å². The number of hydrogen-bond acceptors (Lipinski definition) is 10. The van der Waals surface area contributed by atoms with Crippen LogP contribution >= 0.6 is 0 Å². The average molecular weight is 680 g/mol. The van der Waals surface area contributed by atoms with Crippen molar-refractivity contribution in [1.29, 1.82) is 0 Å². The number of hydrogen-bond donors (Lipinski definition) is 1. The molecular weight excluding hydrogens is 638 g/mol.